The van der Waals surface area contributed by atoms with Crippen LogP contribution in [0.4, 0.5) is 16.2 Å². The Balaban J connectivity index is 1.46. The van der Waals surface area contributed by atoms with Crippen LogP contribution < -0.4 is 21.6 Å². The predicted octanol–water partition coefficient (Wildman–Crippen LogP) is 3.22. The van der Waals surface area contributed by atoms with Gasteiger partial charge in [-0.3, -0.25) is 5.32 Å². The van der Waals surface area contributed by atoms with E-state index in [1.807, 2.05) is 45.0 Å². The van der Waals surface area contributed by atoms with Crippen LogP contribution in [0, 0.1) is 5.92 Å². The first-order valence-electron chi connectivity index (χ1n) is 13.0. The summed E-state index contributed by atoms with van der Waals surface area (Å²) in [5, 5.41) is 17.4. The molecular formula is C27H35N7O3. The van der Waals surface area contributed by atoms with E-state index in [0.717, 1.165) is 40.4 Å². The Labute approximate surface area is 216 Å². The van der Waals surface area contributed by atoms with Gasteiger partial charge in [0.1, 0.15) is 6.61 Å². The van der Waals surface area contributed by atoms with E-state index in [9.17, 15) is 4.79 Å². The Morgan fingerprint density at radius 2 is 1.97 bits per heavy atom. The molecular weight excluding hydrogens is 470 g/mol. The van der Waals surface area contributed by atoms with Crippen molar-refractivity contribution in [1.82, 2.24) is 24.8 Å². The number of tetrazole rings is 1. The molecule has 0 radical (unpaired) electrons. The Morgan fingerprint density at radius 3 is 2.59 bits per heavy atom. The molecule has 10 nitrogen and oxygen atoms in total. The number of aryl methyl sites for hydroxylation is 1. The first-order valence-corrected chi connectivity index (χ1v) is 13.0. The Hall–Kier alpha value is -3.66. The highest BCUT2D eigenvalue weighted by Gasteiger charge is 2.29. The normalized spacial score (nSPS) is 19.1. The monoisotopic (exact) mass is 505 g/mol. The summed E-state index contributed by atoms with van der Waals surface area (Å²) in [6, 6.07) is 8.15. The molecule has 1 amide bonds. The summed E-state index contributed by atoms with van der Waals surface area (Å²) >= 11 is 0. The van der Waals surface area contributed by atoms with Gasteiger partial charge in [0.15, 0.2) is 5.82 Å². The molecule has 1 saturated carbocycles. The molecule has 0 spiro atoms. The van der Waals surface area contributed by atoms with Crippen LogP contribution in [0.3, 0.4) is 0 Å². The molecule has 0 saturated heterocycles. The number of anilines is 2. The summed E-state index contributed by atoms with van der Waals surface area (Å²) < 4.78 is 13.8. The number of benzene rings is 1. The van der Waals surface area contributed by atoms with Gasteiger partial charge < -0.3 is 19.8 Å². The van der Waals surface area contributed by atoms with Gasteiger partial charge in [-0.25, -0.2) is 4.79 Å². The van der Waals surface area contributed by atoms with Gasteiger partial charge >= 0.3 is 6.09 Å². The van der Waals surface area contributed by atoms with Crippen molar-refractivity contribution in [3.63, 3.8) is 0 Å². The largest absolute Gasteiger partial charge is 0.447 e. The van der Waals surface area contributed by atoms with Crippen LogP contribution in [0.25, 0.3) is 23.4 Å². The van der Waals surface area contributed by atoms with Crippen LogP contribution >= 0.6 is 0 Å². The molecule has 5 rings (SSSR count). The topological polar surface area (TPSA) is 122 Å². The number of hydrogen-bond donors (Lipinski definition) is 2. The lowest BCUT2D eigenvalue weighted by molar-refractivity contribution is 0.0583. The molecule has 3 aromatic rings. The Bertz CT molecular complexity index is 1390. The average molecular weight is 506 g/mol. The zero-order chi connectivity index (χ0) is 26.1. The summed E-state index contributed by atoms with van der Waals surface area (Å²) in [5.74, 6) is 0.716. The van der Waals surface area contributed by atoms with Crippen LogP contribution in [0.2, 0.25) is 0 Å². The van der Waals surface area contributed by atoms with E-state index in [0.29, 0.717) is 30.7 Å². The van der Waals surface area contributed by atoms with E-state index in [-0.39, 0.29) is 18.1 Å². The first-order chi connectivity index (χ1) is 17.8. The highest BCUT2D eigenvalue weighted by molar-refractivity contribution is 5.85. The second-order valence-corrected chi connectivity index (χ2v) is 10.0. The van der Waals surface area contributed by atoms with Gasteiger partial charge in [-0.05, 0) is 63.5 Å². The zero-order valence-corrected chi connectivity index (χ0v) is 21.8. The van der Waals surface area contributed by atoms with Gasteiger partial charge in [-0.2, -0.15) is 4.80 Å². The molecule has 3 N–H and O–H groups in total. The SMILES string of the molecule is CCn1nnc(COC2C=c3c(c(N)c(-c4ccc(NC(=O)OC(C)C)cc4)n3C3CCC3)=CC2C)n1. The summed E-state index contributed by atoms with van der Waals surface area (Å²) in [4.78, 5) is 13.5. The second-order valence-electron chi connectivity index (χ2n) is 10.0. The maximum Gasteiger partial charge on any atom is 0.411 e. The highest BCUT2D eigenvalue weighted by Crippen LogP contribution is 2.36. The summed E-state index contributed by atoms with van der Waals surface area (Å²) in [6.45, 7) is 8.72. The molecule has 2 aliphatic carbocycles. The number of nitrogens with zero attached hydrogens (tertiary/aromatic N) is 5. The van der Waals surface area contributed by atoms with Gasteiger partial charge in [0, 0.05) is 33.8 Å². The maximum atomic E-state index is 12.0. The number of hydrogen-bond acceptors (Lipinski definition) is 7. The molecule has 2 heterocycles. The summed E-state index contributed by atoms with van der Waals surface area (Å²) in [6.07, 6.45) is 7.08. The second kappa shape index (κ2) is 10.4. The maximum absolute atomic E-state index is 12.0. The Morgan fingerprint density at radius 1 is 1.22 bits per heavy atom. The molecule has 0 aliphatic heterocycles. The number of amides is 1. The van der Waals surface area contributed by atoms with Crippen molar-refractivity contribution >= 4 is 29.6 Å². The number of aromatic nitrogens is 5. The number of ether oxygens (including phenoxy) is 2. The van der Waals surface area contributed by atoms with Crippen molar-refractivity contribution < 1.29 is 14.3 Å². The zero-order valence-electron chi connectivity index (χ0n) is 21.8. The summed E-state index contributed by atoms with van der Waals surface area (Å²) in [7, 11) is 0. The number of carbonyl (C=O) groups excluding carboxylic acids is 1. The van der Waals surface area contributed by atoms with Gasteiger partial charge in [0.05, 0.1) is 30.1 Å². The van der Waals surface area contributed by atoms with Crippen molar-refractivity contribution in [2.24, 2.45) is 5.92 Å². The molecule has 37 heavy (non-hydrogen) atoms. The van der Waals surface area contributed by atoms with E-state index in [2.05, 4.69) is 44.4 Å². The number of nitrogen functional groups attached to an aromatic ring is 1. The fourth-order valence-corrected chi connectivity index (χ4v) is 4.89. The highest BCUT2D eigenvalue weighted by atomic mass is 16.6. The third-order valence-electron chi connectivity index (χ3n) is 6.96. The lowest BCUT2D eigenvalue weighted by atomic mass is 9.92. The van der Waals surface area contributed by atoms with E-state index >= 15 is 0 Å². The first kappa shape index (κ1) is 25.0. The molecule has 2 aromatic heterocycles. The van der Waals surface area contributed by atoms with Crippen molar-refractivity contribution in [1.29, 1.82) is 0 Å². The molecule has 10 heteroatoms. The van der Waals surface area contributed by atoms with Crippen LogP contribution in [0.5, 0.6) is 0 Å². The van der Waals surface area contributed by atoms with Crippen molar-refractivity contribution in [2.45, 2.75) is 78.4 Å². The van der Waals surface area contributed by atoms with E-state index < -0.39 is 6.09 Å². The number of carbonyl (C=O) groups is 1. The Kier molecular flexibility index (Phi) is 7.01. The number of nitrogens with one attached hydrogen (secondary N) is 1. The van der Waals surface area contributed by atoms with Crippen molar-refractivity contribution in [2.75, 3.05) is 11.1 Å². The molecule has 1 aromatic carbocycles. The van der Waals surface area contributed by atoms with E-state index in [1.54, 1.807) is 4.80 Å². The van der Waals surface area contributed by atoms with Crippen molar-refractivity contribution in [3.8, 4) is 11.3 Å². The lowest BCUT2D eigenvalue weighted by Crippen LogP contribution is -2.41. The molecule has 0 bridgehead atoms. The molecule has 2 unspecified atom stereocenters. The smallest absolute Gasteiger partial charge is 0.411 e. The van der Waals surface area contributed by atoms with Crippen LogP contribution in [-0.2, 0) is 22.6 Å². The average Bonchev–Trinajstić information content (AvgIpc) is 3.39. The van der Waals surface area contributed by atoms with Crippen molar-refractivity contribution in [3.05, 3.63) is 40.7 Å². The van der Waals surface area contributed by atoms with Gasteiger partial charge in [-0.15, -0.1) is 10.2 Å². The van der Waals surface area contributed by atoms with Gasteiger partial charge in [0.25, 0.3) is 0 Å². The van der Waals surface area contributed by atoms with Crippen LogP contribution in [0.15, 0.2) is 24.3 Å². The van der Waals surface area contributed by atoms with E-state index in [1.165, 1.54) is 6.42 Å². The number of rotatable bonds is 8. The minimum absolute atomic E-state index is 0.124. The third kappa shape index (κ3) is 5.11. The third-order valence-corrected chi connectivity index (χ3v) is 6.96. The fourth-order valence-electron chi connectivity index (χ4n) is 4.89. The van der Waals surface area contributed by atoms with Crippen LogP contribution in [0.1, 0.15) is 58.8 Å². The standard InChI is InChI=1S/C27H35N7O3/c1-5-33-31-24(30-32-33)15-36-23-14-22-21(13-17(23)4)25(28)26(34(22)20-7-6-8-20)18-9-11-19(12-10-18)29-27(35)37-16(2)3/h9-14,16-17,20,23H,5-8,15,28H2,1-4H3,(H,29,35). The quantitative estimate of drug-likeness (QED) is 0.482. The molecule has 2 atom stereocenters. The lowest BCUT2D eigenvalue weighted by Gasteiger charge is -2.30. The minimum Gasteiger partial charge on any atom is -0.447 e. The van der Waals surface area contributed by atoms with E-state index in [4.69, 9.17) is 15.2 Å². The number of fused-ring (bicyclic) bond motifs is 1. The molecule has 2 aliphatic rings. The predicted molar refractivity (Wildman–Crippen MR) is 142 cm³/mol. The van der Waals surface area contributed by atoms with Gasteiger partial charge in [-0.1, -0.05) is 25.1 Å². The van der Waals surface area contributed by atoms with Gasteiger partial charge in [0.2, 0.25) is 0 Å². The molecule has 1 fully saturated rings. The molecule has 196 valence electrons. The summed E-state index contributed by atoms with van der Waals surface area (Å²) in [5.41, 5.74) is 10.3. The minimum atomic E-state index is -0.466. The van der Waals surface area contributed by atoms with Crippen LogP contribution in [-0.4, -0.2) is 43.1 Å². The fraction of sp³-hybridized carbons (Fsp3) is 0.481. The number of nitrogens with two attached hydrogens (primary N) is 1.